The number of carbonyl (C=O) groups is 1. The third kappa shape index (κ3) is 1.98. The van der Waals surface area contributed by atoms with Crippen molar-refractivity contribution in [2.45, 2.75) is 25.8 Å². The summed E-state index contributed by atoms with van der Waals surface area (Å²) in [6, 6.07) is 7.82. The Morgan fingerprint density at radius 1 is 1.33 bits per heavy atom. The molecule has 0 aliphatic heterocycles. The number of hydrogen-bond acceptors (Lipinski definition) is 2. The highest BCUT2D eigenvalue weighted by Gasteiger charge is 2.56. The minimum atomic E-state index is 0.232. The van der Waals surface area contributed by atoms with E-state index in [1.165, 1.54) is 19.3 Å². The van der Waals surface area contributed by atoms with Gasteiger partial charge in [-0.3, -0.25) is 4.79 Å². The van der Waals surface area contributed by atoms with E-state index in [2.05, 4.69) is 5.32 Å². The van der Waals surface area contributed by atoms with Crippen molar-refractivity contribution >= 4 is 5.91 Å². The van der Waals surface area contributed by atoms with E-state index in [1.54, 1.807) is 7.11 Å². The van der Waals surface area contributed by atoms with E-state index in [9.17, 15) is 4.79 Å². The summed E-state index contributed by atoms with van der Waals surface area (Å²) in [6.07, 6.45) is 3.81. The van der Waals surface area contributed by atoms with Gasteiger partial charge in [0.05, 0.1) is 7.11 Å². The van der Waals surface area contributed by atoms with Gasteiger partial charge in [-0.25, -0.2) is 0 Å². The van der Waals surface area contributed by atoms with Gasteiger partial charge in [-0.15, -0.1) is 0 Å². The van der Waals surface area contributed by atoms with Crippen molar-refractivity contribution in [2.24, 2.45) is 17.8 Å². The summed E-state index contributed by atoms with van der Waals surface area (Å²) in [5.41, 5.74) is 1.04. The number of hydrogen-bond donors (Lipinski definition) is 1. The van der Waals surface area contributed by atoms with Crippen molar-refractivity contribution < 1.29 is 9.53 Å². The predicted molar refractivity (Wildman–Crippen MR) is 69.2 cm³/mol. The van der Waals surface area contributed by atoms with Gasteiger partial charge in [-0.1, -0.05) is 24.6 Å². The fourth-order valence-electron chi connectivity index (χ4n) is 3.36. The first-order chi connectivity index (χ1) is 8.81. The highest BCUT2D eigenvalue weighted by Crippen LogP contribution is 2.57. The second-order valence-electron chi connectivity index (χ2n) is 5.31. The molecule has 1 amide bonds. The molecule has 3 rings (SSSR count). The molecule has 18 heavy (non-hydrogen) atoms. The maximum absolute atomic E-state index is 12.0. The van der Waals surface area contributed by atoms with E-state index in [1.807, 2.05) is 24.3 Å². The van der Waals surface area contributed by atoms with Gasteiger partial charge < -0.3 is 10.1 Å². The number of para-hydroxylation sites is 1. The molecule has 2 aliphatic rings. The van der Waals surface area contributed by atoms with Crippen LogP contribution in [0.25, 0.3) is 0 Å². The van der Waals surface area contributed by atoms with Crippen LogP contribution in [0.15, 0.2) is 24.3 Å². The fraction of sp³-hybridized carbons (Fsp3) is 0.533. The molecule has 2 fully saturated rings. The minimum absolute atomic E-state index is 0.232. The summed E-state index contributed by atoms with van der Waals surface area (Å²) < 4.78 is 5.28. The van der Waals surface area contributed by atoms with Crippen molar-refractivity contribution in [1.29, 1.82) is 0 Å². The molecular formula is C15H19NO2. The van der Waals surface area contributed by atoms with E-state index in [4.69, 9.17) is 4.74 Å². The average molecular weight is 245 g/mol. The Morgan fingerprint density at radius 2 is 2.06 bits per heavy atom. The Kier molecular flexibility index (Phi) is 2.98. The van der Waals surface area contributed by atoms with Gasteiger partial charge in [0.2, 0.25) is 5.91 Å². The molecule has 0 spiro atoms. The van der Waals surface area contributed by atoms with Crippen LogP contribution in [0, 0.1) is 17.8 Å². The molecule has 0 saturated heterocycles. The molecule has 96 valence electrons. The smallest absolute Gasteiger partial charge is 0.223 e. The molecule has 0 aromatic heterocycles. The largest absolute Gasteiger partial charge is 0.496 e. The van der Waals surface area contributed by atoms with Crippen LogP contribution in [0.5, 0.6) is 5.75 Å². The van der Waals surface area contributed by atoms with Crippen molar-refractivity contribution in [2.75, 3.05) is 7.11 Å². The molecule has 3 nitrogen and oxygen atoms in total. The number of carbonyl (C=O) groups excluding carboxylic acids is 1. The van der Waals surface area contributed by atoms with Crippen LogP contribution in [-0.4, -0.2) is 13.0 Å². The molecule has 1 N–H and O–H groups in total. The van der Waals surface area contributed by atoms with Gasteiger partial charge in [-0.2, -0.15) is 0 Å². The first-order valence-corrected chi connectivity index (χ1v) is 6.71. The molecule has 0 bridgehead atoms. The van der Waals surface area contributed by atoms with Crippen LogP contribution in [0.3, 0.4) is 0 Å². The van der Waals surface area contributed by atoms with Crippen LogP contribution >= 0.6 is 0 Å². The Labute approximate surface area is 108 Å². The number of amides is 1. The SMILES string of the molecule is COc1ccccc1CNC(=O)C1[C@@H]2CCC[C@@H]12. The lowest BCUT2D eigenvalue weighted by Crippen LogP contribution is -2.26. The fourth-order valence-corrected chi connectivity index (χ4v) is 3.36. The zero-order valence-corrected chi connectivity index (χ0v) is 10.7. The Balaban J connectivity index is 1.56. The third-order valence-electron chi connectivity index (χ3n) is 4.35. The highest BCUT2D eigenvalue weighted by atomic mass is 16.5. The van der Waals surface area contributed by atoms with Crippen molar-refractivity contribution in [3.63, 3.8) is 0 Å². The topological polar surface area (TPSA) is 38.3 Å². The number of rotatable bonds is 4. The molecule has 2 aliphatic carbocycles. The molecule has 2 atom stereocenters. The standard InChI is InChI=1S/C15H19NO2/c1-18-13-8-3-2-5-10(13)9-16-15(17)14-11-6-4-7-12(11)14/h2-3,5,8,11-12,14H,4,6-7,9H2,1H3,(H,16,17)/t11-,12-/m1/s1. The lowest BCUT2D eigenvalue weighted by atomic mass is 10.1. The second kappa shape index (κ2) is 4.63. The molecule has 2 saturated carbocycles. The number of fused-ring (bicyclic) bond motifs is 1. The Hall–Kier alpha value is -1.51. The molecular weight excluding hydrogens is 226 g/mol. The van der Waals surface area contributed by atoms with Gasteiger partial charge in [0.15, 0.2) is 0 Å². The third-order valence-corrected chi connectivity index (χ3v) is 4.35. The minimum Gasteiger partial charge on any atom is -0.496 e. The maximum Gasteiger partial charge on any atom is 0.223 e. The Bertz CT molecular complexity index is 448. The highest BCUT2D eigenvalue weighted by molar-refractivity contribution is 5.82. The lowest BCUT2D eigenvalue weighted by molar-refractivity contribution is -0.123. The number of benzene rings is 1. The number of nitrogens with one attached hydrogen (secondary N) is 1. The van der Waals surface area contributed by atoms with Crippen LogP contribution in [0.2, 0.25) is 0 Å². The summed E-state index contributed by atoms with van der Waals surface area (Å²) in [4.78, 5) is 12.0. The van der Waals surface area contributed by atoms with Crippen LogP contribution in [0.4, 0.5) is 0 Å². The van der Waals surface area contributed by atoms with Crippen molar-refractivity contribution in [3.8, 4) is 5.75 Å². The lowest BCUT2D eigenvalue weighted by Gasteiger charge is -2.10. The zero-order chi connectivity index (χ0) is 12.5. The van der Waals surface area contributed by atoms with Gasteiger partial charge in [-0.05, 0) is 30.7 Å². The van der Waals surface area contributed by atoms with E-state index < -0.39 is 0 Å². The van der Waals surface area contributed by atoms with Gasteiger partial charge in [0.25, 0.3) is 0 Å². The summed E-state index contributed by atoms with van der Waals surface area (Å²) in [5, 5.41) is 3.05. The molecule has 1 aromatic rings. The van der Waals surface area contributed by atoms with Crippen LogP contribution in [-0.2, 0) is 11.3 Å². The molecule has 0 heterocycles. The van der Waals surface area contributed by atoms with E-state index in [0.717, 1.165) is 11.3 Å². The quantitative estimate of drug-likeness (QED) is 0.884. The van der Waals surface area contributed by atoms with Crippen molar-refractivity contribution in [1.82, 2.24) is 5.32 Å². The van der Waals surface area contributed by atoms with Gasteiger partial charge >= 0.3 is 0 Å². The number of ether oxygens (including phenoxy) is 1. The van der Waals surface area contributed by atoms with E-state index in [-0.39, 0.29) is 5.91 Å². The summed E-state index contributed by atoms with van der Waals surface area (Å²) in [6.45, 7) is 0.568. The summed E-state index contributed by atoms with van der Waals surface area (Å²) in [5.74, 6) is 2.74. The average Bonchev–Trinajstić information content (AvgIpc) is 2.89. The van der Waals surface area contributed by atoms with Crippen LogP contribution < -0.4 is 10.1 Å². The van der Waals surface area contributed by atoms with E-state index >= 15 is 0 Å². The first kappa shape index (κ1) is 11.6. The van der Waals surface area contributed by atoms with Crippen LogP contribution in [0.1, 0.15) is 24.8 Å². The summed E-state index contributed by atoms with van der Waals surface area (Å²) in [7, 11) is 1.66. The molecule has 0 radical (unpaired) electrons. The monoisotopic (exact) mass is 245 g/mol. The molecule has 0 unspecified atom stereocenters. The Morgan fingerprint density at radius 3 is 2.78 bits per heavy atom. The van der Waals surface area contributed by atoms with Gasteiger partial charge in [0, 0.05) is 18.0 Å². The maximum atomic E-state index is 12.0. The summed E-state index contributed by atoms with van der Waals surface area (Å²) >= 11 is 0. The molecule has 1 aromatic carbocycles. The normalized spacial score (nSPS) is 28.6. The zero-order valence-electron chi connectivity index (χ0n) is 10.7. The first-order valence-electron chi connectivity index (χ1n) is 6.71. The van der Waals surface area contributed by atoms with Crippen molar-refractivity contribution in [3.05, 3.63) is 29.8 Å². The van der Waals surface area contributed by atoms with E-state index in [0.29, 0.717) is 24.3 Å². The predicted octanol–water partition coefficient (Wildman–Crippen LogP) is 2.36. The number of methoxy groups -OCH3 is 1. The molecule has 3 heteroatoms. The second-order valence-corrected chi connectivity index (χ2v) is 5.31. The van der Waals surface area contributed by atoms with Gasteiger partial charge in [0.1, 0.15) is 5.75 Å².